The molecule has 0 saturated carbocycles. The Balaban J connectivity index is 1.91. The monoisotopic (exact) mass is 342 g/mol. The van der Waals surface area contributed by atoms with E-state index in [4.69, 9.17) is 0 Å². The number of benzene rings is 2. The largest absolute Gasteiger partial charge is 0.376 e. The number of anilines is 1. The summed E-state index contributed by atoms with van der Waals surface area (Å²) < 4.78 is 0. The molecule has 0 saturated heterocycles. The molecular weight excluding hydrogens is 324 g/mol. The van der Waals surface area contributed by atoms with Crippen molar-refractivity contribution in [2.24, 2.45) is 0 Å². The molecule has 8 nitrogen and oxygen atoms in total. The molecule has 0 heterocycles. The van der Waals surface area contributed by atoms with Crippen molar-refractivity contribution < 1.29 is 14.5 Å². The molecule has 25 heavy (non-hydrogen) atoms. The second-order valence-corrected chi connectivity index (χ2v) is 5.45. The second kappa shape index (κ2) is 7.91. The van der Waals surface area contributed by atoms with E-state index in [1.807, 2.05) is 31.2 Å². The number of rotatable bonds is 5. The molecule has 0 aromatic heterocycles. The number of amides is 2. The first kappa shape index (κ1) is 17.9. The van der Waals surface area contributed by atoms with Crippen LogP contribution >= 0.6 is 0 Å². The van der Waals surface area contributed by atoms with Crippen LogP contribution in [0.4, 0.5) is 11.4 Å². The fourth-order valence-electron chi connectivity index (χ4n) is 2.18. The molecule has 0 atom stereocenters. The fourth-order valence-corrected chi connectivity index (χ4v) is 2.18. The van der Waals surface area contributed by atoms with Gasteiger partial charge in [0.2, 0.25) is 0 Å². The molecule has 0 bridgehead atoms. The minimum atomic E-state index is -0.751. The van der Waals surface area contributed by atoms with Crippen LogP contribution in [0.3, 0.4) is 0 Å². The molecular formula is C17H18N4O4. The summed E-state index contributed by atoms with van der Waals surface area (Å²) in [5.41, 5.74) is 6.24. The van der Waals surface area contributed by atoms with Crippen LogP contribution in [0.25, 0.3) is 0 Å². The highest BCUT2D eigenvalue weighted by Crippen LogP contribution is 2.22. The van der Waals surface area contributed by atoms with E-state index in [2.05, 4.69) is 16.2 Å². The van der Waals surface area contributed by atoms with E-state index in [1.54, 1.807) is 13.0 Å². The van der Waals surface area contributed by atoms with Gasteiger partial charge in [-0.3, -0.25) is 30.6 Å². The number of nitro benzene ring substituents is 1. The van der Waals surface area contributed by atoms with E-state index in [9.17, 15) is 19.7 Å². The zero-order chi connectivity index (χ0) is 18.4. The molecule has 130 valence electrons. The van der Waals surface area contributed by atoms with Crippen LogP contribution in [-0.2, 0) is 4.79 Å². The van der Waals surface area contributed by atoms with Gasteiger partial charge in [0.25, 0.3) is 17.5 Å². The number of nitrogens with one attached hydrogen (secondary N) is 3. The number of aryl methyl sites for hydroxylation is 2. The molecule has 0 aliphatic carbocycles. The predicted molar refractivity (Wildman–Crippen MR) is 93.1 cm³/mol. The summed E-state index contributed by atoms with van der Waals surface area (Å²) in [5, 5.41) is 14.0. The van der Waals surface area contributed by atoms with Crippen LogP contribution < -0.4 is 16.2 Å². The van der Waals surface area contributed by atoms with E-state index in [1.165, 1.54) is 12.1 Å². The second-order valence-electron chi connectivity index (χ2n) is 5.45. The van der Waals surface area contributed by atoms with Crippen molar-refractivity contribution in [1.82, 2.24) is 10.9 Å². The Labute approximate surface area is 144 Å². The van der Waals surface area contributed by atoms with Crippen LogP contribution in [0, 0.1) is 24.0 Å². The van der Waals surface area contributed by atoms with Crippen molar-refractivity contribution in [3.05, 3.63) is 69.3 Å². The highest BCUT2D eigenvalue weighted by atomic mass is 16.6. The summed E-state index contributed by atoms with van der Waals surface area (Å²) in [4.78, 5) is 34.3. The van der Waals surface area contributed by atoms with Crippen molar-refractivity contribution in [3.63, 3.8) is 0 Å². The maximum absolute atomic E-state index is 12.1. The lowest BCUT2D eigenvalue weighted by atomic mass is 10.1. The summed E-state index contributed by atoms with van der Waals surface area (Å²) in [6, 6.07) is 11.9. The third-order valence-corrected chi connectivity index (χ3v) is 3.49. The summed E-state index contributed by atoms with van der Waals surface area (Å²) in [7, 11) is 0. The van der Waals surface area contributed by atoms with Gasteiger partial charge >= 0.3 is 0 Å². The normalized spacial score (nSPS) is 10.0. The number of nitro groups is 1. The van der Waals surface area contributed by atoms with Gasteiger partial charge in [0.15, 0.2) is 0 Å². The lowest BCUT2D eigenvalue weighted by Crippen LogP contribution is -2.44. The van der Waals surface area contributed by atoms with Crippen LogP contribution in [-0.4, -0.2) is 23.3 Å². The Hall–Kier alpha value is -3.42. The third kappa shape index (κ3) is 4.77. The topological polar surface area (TPSA) is 113 Å². The smallest absolute Gasteiger partial charge is 0.285 e. The first-order valence-corrected chi connectivity index (χ1v) is 7.52. The highest BCUT2D eigenvalue weighted by molar-refractivity contribution is 5.99. The molecule has 0 aliphatic rings. The quantitative estimate of drug-likeness (QED) is 0.569. The predicted octanol–water partition coefficient (Wildman–Crippen LogP) is 2.08. The standard InChI is InChI=1S/C17H18N4O4/c1-11-6-8-13(9-7-11)18-10-15(22)19-20-17(23)14-5-3-4-12(2)16(14)21(24)25/h3-9,18H,10H2,1-2H3,(H,19,22)(H,20,23). The summed E-state index contributed by atoms with van der Waals surface area (Å²) in [5.74, 6) is -1.23. The van der Waals surface area contributed by atoms with E-state index in [0.717, 1.165) is 11.3 Å². The number of nitrogens with zero attached hydrogens (tertiary/aromatic N) is 1. The Morgan fingerprint density at radius 3 is 2.36 bits per heavy atom. The first-order valence-electron chi connectivity index (χ1n) is 7.52. The summed E-state index contributed by atoms with van der Waals surface area (Å²) in [6.07, 6.45) is 0. The van der Waals surface area contributed by atoms with Gasteiger partial charge < -0.3 is 5.32 Å². The molecule has 0 spiro atoms. The zero-order valence-electron chi connectivity index (χ0n) is 13.8. The fraction of sp³-hybridized carbons (Fsp3) is 0.176. The summed E-state index contributed by atoms with van der Waals surface area (Å²) in [6.45, 7) is 3.44. The number of hydrogen-bond donors (Lipinski definition) is 3. The van der Waals surface area contributed by atoms with E-state index >= 15 is 0 Å². The molecule has 0 radical (unpaired) electrons. The van der Waals surface area contributed by atoms with Gasteiger partial charge in [-0.25, -0.2) is 0 Å². The molecule has 3 N–H and O–H groups in total. The Bertz CT molecular complexity index is 803. The molecule has 2 aromatic rings. The third-order valence-electron chi connectivity index (χ3n) is 3.49. The SMILES string of the molecule is Cc1ccc(NCC(=O)NNC(=O)c2cccc(C)c2[N+](=O)[O-])cc1. The maximum atomic E-state index is 12.1. The van der Waals surface area contributed by atoms with Crippen molar-refractivity contribution in [2.45, 2.75) is 13.8 Å². The number of carbonyl (C=O) groups is 2. The van der Waals surface area contributed by atoms with E-state index < -0.39 is 16.7 Å². The van der Waals surface area contributed by atoms with E-state index in [0.29, 0.717) is 5.56 Å². The van der Waals surface area contributed by atoms with Crippen molar-refractivity contribution in [2.75, 3.05) is 11.9 Å². The Kier molecular flexibility index (Phi) is 5.67. The lowest BCUT2D eigenvalue weighted by Gasteiger charge is -2.10. The summed E-state index contributed by atoms with van der Waals surface area (Å²) >= 11 is 0. The van der Waals surface area contributed by atoms with Gasteiger partial charge in [0.05, 0.1) is 11.5 Å². The van der Waals surface area contributed by atoms with Crippen LogP contribution in [0.1, 0.15) is 21.5 Å². The average molecular weight is 342 g/mol. The van der Waals surface area contributed by atoms with E-state index in [-0.39, 0.29) is 17.8 Å². The van der Waals surface area contributed by atoms with Crippen molar-refractivity contribution >= 4 is 23.2 Å². The van der Waals surface area contributed by atoms with Crippen LogP contribution in [0.15, 0.2) is 42.5 Å². The average Bonchev–Trinajstić information content (AvgIpc) is 2.58. The molecule has 8 heteroatoms. The minimum Gasteiger partial charge on any atom is -0.376 e. The Morgan fingerprint density at radius 2 is 1.72 bits per heavy atom. The Morgan fingerprint density at radius 1 is 1.04 bits per heavy atom. The zero-order valence-corrected chi connectivity index (χ0v) is 13.8. The van der Waals surface area contributed by atoms with Gasteiger partial charge in [-0.05, 0) is 32.0 Å². The van der Waals surface area contributed by atoms with Gasteiger partial charge in [-0.1, -0.05) is 29.8 Å². The number of para-hydroxylation sites is 1. The lowest BCUT2D eigenvalue weighted by molar-refractivity contribution is -0.385. The number of carbonyl (C=O) groups excluding carboxylic acids is 2. The molecule has 2 aromatic carbocycles. The van der Waals surface area contributed by atoms with Crippen LogP contribution in [0.5, 0.6) is 0 Å². The van der Waals surface area contributed by atoms with Gasteiger partial charge in [0.1, 0.15) is 5.56 Å². The van der Waals surface area contributed by atoms with Crippen LogP contribution in [0.2, 0.25) is 0 Å². The van der Waals surface area contributed by atoms with Crippen molar-refractivity contribution in [3.8, 4) is 0 Å². The van der Waals surface area contributed by atoms with Gasteiger partial charge in [0, 0.05) is 11.3 Å². The maximum Gasteiger partial charge on any atom is 0.285 e. The van der Waals surface area contributed by atoms with Crippen molar-refractivity contribution in [1.29, 1.82) is 0 Å². The molecule has 0 unspecified atom stereocenters. The molecule has 2 rings (SSSR count). The van der Waals surface area contributed by atoms with Gasteiger partial charge in [-0.2, -0.15) is 0 Å². The number of hydrogen-bond acceptors (Lipinski definition) is 5. The first-order chi connectivity index (χ1) is 11.9. The molecule has 0 aliphatic heterocycles. The minimum absolute atomic E-state index is 0.0563. The highest BCUT2D eigenvalue weighted by Gasteiger charge is 2.22. The molecule has 2 amide bonds. The van der Waals surface area contributed by atoms with Gasteiger partial charge in [-0.15, -0.1) is 0 Å². The molecule has 0 fully saturated rings. The number of hydrazine groups is 1.